The lowest BCUT2D eigenvalue weighted by Crippen LogP contribution is -2.34. The smallest absolute Gasteiger partial charge is 0.0623 e. The topological polar surface area (TPSA) is 30.5 Å². The normalized spacial score (nSPS) is 15.6. The SMILES string of the molecule is C=CC(C)(CCC(C)(C)OC)CNCCOC. The van der Waals surface area contributed by atoms with Crippen LogP contribution in [0, 0.1) is 5.41 Å². The Bertz CT molecular complexity index is 216. The van der Waals surface area contributed by atoms with Crippen molar-refractivity contribution in [2.24, 2.45) is 5.41 Å². The van der Waals surface area contributed by atoms with Crippen LogP contribution in [-0.2, 0) is 9.47 Å². The highest BCUT2D eigenvalue weighted by Crippen LogP contribution is 2.28. The van der Waals surface area contributed by atoms with E-state index in [1.807, 2.05) is 6.08 Å². The molecule has 0 aromatic carbocycles. The van der Waals surface area contributed by atoms with Gasteiger partial charge in [0.15, 0.2) is 0 Å². The van der Waals surface area contributed by atoms with Gasteiger partial charge in [0.1, 0.15) is 0 Å². The molecule has 17 heavy (non-hydrogen) atoms. The Morgan fingerprint density at radius 2 is 1.82 bits per heavy atom. The van der Waals surface area contributed by atoms with Gasteiger partial charge in [0, 0.05) is 27.3 Å². The third kappa shape index (κ3) is 7.53. The lowest BCUT2D eigenvalue weighted by molar-refractivity contribution is 0.00759. The van der Waals surface area contributed by atoms with Crippen molar-refractivity contribution in [3.63, 3.8) is 0 Å². The van der Waals surface area contributed by atoms with Crippen molar-refractivity contribution >= 4 is 0 Å². The second-order valence-corrected chi connectivity index (χ2v) is 5.49. The molecule has 0 saturated heterocycles. The van der Waals surface area contributed by atoms with Gasteiger partial charge < -0.3 is 14.8 Å². The summed E-state index contributed by atoms with van der Waals surface area (Å²) in [5.41, 5.74) is 0.0559. The van der Waals surface area contributed by atoms with Crippen molar-refractivity contribution in [2.45, 2.75) is 39.2 Å². The van der Waals surface area contributed by atoms with E-state index in [1.165, 1.54) is 0 Å². The van der Waals surface area contributed by atoms with Crippen molar-refractivity contribution in [3.8, 4) is 0 Å². The molecule has 0 heterocycles. The number of hydrogen-bond acceptors (Lipinski definition) is 3. The summed E-state index contributed by atoms with van der Waals surface area (Å²) in [6, 6.07) is 0. The molecule has 102 valence electrons. The predicted octanol–water partition coefficient (Wildman–Crippen LogP) is 2.62. The summed E-state index contributed by atoms with van der Waals surface area (Å²) < 4.78 is 10.5. The van der Waals surface area contributed by atoms with Gasteiger partial charge in [-0.25, -0.2) is 0 Å². The first-order valence-electron chi connectivity index (χ1n) is 6.27. The zero-order chi connectivity index (χ0) is 13.4. The Balaban J connectivity index is 4.05. The van der Waals surface area contributed by atoms with Gasteiger partial charge in [0.2, 0.25) is 0 Å². The van der Waals surface area contributed by atoms with Gasteiger partial charge in [-0.3, -0.25) is 0 Å². The molecule has 1 unspecified atom stereocenters. The summed E-state index contributed by atoms with van der Waals surface area (Å²) in [6.45, 7) is 13.0. The van der Waals surface area contributed by atoms with Crippen LogP contribution in [0.4, 0.5) is 0 Å². The van der Waals surface area contributed by atoms with E-state index >= 15 is 0 Å². The number of hydrogen-bond donors (Lipinski definition) is 1. The Labute approximate surface area is 107 Å². The van der Waals surface area contributed by atoms with Gasteiger partial charge in [0.05, 0.1) is 12.2 Å². The van der Waals surface area contributed by atoms with Gasteiger partial charge in [-0.1, -0.05) is 13.0 Å². The van der Waals surface area contributed by atoms with Crippen LogP contribution >= 0.6 is 0 Å². The van der Waals surface area contributed by atoms with Crippen LogP contribution in [0.25, 0.3) is 0 Å². The van der Waals surface area contributed by atoms with Crippen LogP contribution < -0.4 is 5.32 Å². The van der Waals surface area contributed by atoms with Crippen molar-refractivity contribution in [2.75, 3.05) is 33.9 Å². The fourth-order valence-electron chi connectivity index (χ4n) is 1.50. The van der Waals surface area contributed by atoms with E-state index in [1.54, 1.807) is 14.2 Å². The van der Waals surface area contributed by atoms with E-state index in [0.29, 0.717) is 0 Å². The number of nitrogens with one attached hydrogen (secondary N) is 1. The first-order valence-corrected chi connectivity index (χ1v) is 6.27. The van der Waals surface area contributed by atoms with Gasteiger partial charge in [-0.2, -0.15) is 0 Å². The molecule has 0 bridgehead atoms. The van der Waals surface area contributed by atoms with Gasteiger partial charge >= 0.3 is 0 Å². The molecule has 1 atom stereocenters. The van der Waals surface area contributed by atoms with E-state index in [9.17, 15) is 0 Å². The maximum absolute atomic E-state index is 5.45. The molecule has 0 rings (SSSR count). The molecular formula is C14H29NO2. The molecule has 3 nitrogen and oxygen atoms in total. The fourth-order valence-corrected chi connectivity index (χ4v) is 1.50. The molecule has 0 aromatic rings. The third-order valence-corrected chi connectivity index (χ3v) is 3.36. The number of ether oxygens (including phenoxy) is 2. The minimum atomic E-state index is -0.0587. The summed E-state index contributed by atoms with van der Waals surface area (Å²) in [4.78, 5) is 0. The third-order valence-electron chi connectivity index (χ3n) is 3.36. The molecule has 0 aliphatic carbocycles. The first kappa shape index (κ1) is 16.6. The molecule has 3 heteroatoms. The summed E-state index contributed by atoms with van der Waals surface area (Å²) in [6.07, 6.45) is 4.13. The maximum atomic E-state index is 5.45. The lowest BCUT2D eigenvalue weighted by Gasteiger charge is -2.31. The minimum Gasteiger partial charge on any atom is -0.383 e. The first-order chi connectivity index (χ1) is 7.89. The lowest BCUT2D eigenvalue weighted by atomic mass is 9.82. The summed E-state index contributed by atoms with van der Waals surface area (Å²) in [5, 5.41) is 3.40. The van der Waals surface area contributed by atoms with Crippen molar-refractivity contribution in [1.29, 1.82) is 0 Å². The van der Waals surface area contributed by atoms with Crippen molar-refractivity contribution in [1.82, 2.24) is 5.32 Å². The Morgan fingerprint density at radius 1 is 1.18 bits per heavy atom. The van der Waals surface area contributed by atoms with Crippen LogP contribution in [0.1, 0.15) is 33.6 Å². The molecule has 0 saturated carbocycles. The molecule has 0 spiro atoms. The molecule has 1 N–H and O–H groups in total. The predicted molar refractivity (Wildman–Crippen MR) is 73.4 cm³/mol. The van der Waals surface area contributed by atoms with Crippen LogP contribution in [0.3, 0.4) is 0 Å². The second kappa shape index (κ2) is 7.85. The van der Waals surface area contributed by atoms with E-state index < -0.39 is 0 Å². The summed E-state index contributed by atoms with van der Waals surface area (Å²) in [5.74, 6) is 0. The monoisotopic (exact) mass is 243 g/mol. The average molecular weight is 243 g/mol. The zero-order valence-electron chi connectivity index (χ0n) is 12.1. The number of rotatable bonds is 10. The number of methoxy groups -OCH3 is 2. The van der Waals surface area contributed by atoms with Gasteiger partial charge in [0.25, 0.3) is 0 Å². The fraction of sp³-hybridized carbons (Fsp3) is 0.857. The van der Waals surface area contributed by atoms with Gasteiger partial charge in [-0.05, 0) is 32.1 Å². The summed E-state index contributed by atoms with van der Waals surface area (Å²) in [7, 11) is 3.48. The minimum absolute atomic E-state index is 0.0587. The molecule has 0 aromatic heterocycles. The Hall–Kier alpha value is -0.380. The van der Waals surface area contributed by atoms with E-state index in [-0.39, 0.29) is 11.0 Å². The molecule has 0 radical (unpaired) electrons. The quantitative estimate of drug-likeness (QED) is 0.472. The Morgan fingerprint density at radius 3 is 2.29 bits per heavy atom. The standard InChI is InChI=1S/C14H29NO2/c1-7-14(4,12-15-10-11-16-5)9-8-13(2,3)17-6/h7,15H,1,8-12H2,2-6H3. The van der Waals surface area contributed by atoms with Crippen molar-refractivity contribution in [3.05, 3.63) is 12.7 Å². The van der Waals surface area contributed by atoms with Gasteiger partial charge in [-0.15, -0.1) is 6.58 Å². The largest absolute Gasteiger partial charge is 0.383 e. The van der Waals surface area contributed by atoms with E-state index in [2.05, 4.69) is 32.7 Å². The maximum Gasteiger partial charge on any atom is 0.0623 e. The summed E-state index contributed by atoms with van der Waals surface area (Å²) >= 11 is 0. The average Bonchev–Trinajstić information content (AvgIpc) is 2.32. The molecule has 0 fully saturated rings. The van der Waals surface area contributed by atoms with Crippen LogP contribution in [0.2, 0.25) is 0 Å². The highest BCUT2D eigenvalue weighted by molar-refractivity contribution is 4.94. The molecular weight excluding hydrogens is 214 g/mol. The van der Waals surface area contributed by atoms with Crippen LogP contribution in [0.5, 0.6) is 0 Å². The highest BCUT2D eigenvalue weighted by Gasteiger charge is 2.25. The Kier molecular flexibility index (Phi) is 7.68. The van der Waals surface area contributed by atoms with Crippen LogP contribution in [0.15, 0.2) is 12.7 Å². The highest BCUT2D eigenvalue weighted by atomic mass is 16.5. The zero-order valence-corrected chi connectivity index (χ0v) is 12.1. The van der Waals surface area contributed by atoms with E-state index in [0.717, 1.165) is 32.5 Å². The molecule has 0 amide bonds. The van der Waals surface area contributed by atoms with E-state index in [4.69, 9.17) is 9.47 Å². The second-order valence-electron chi connectivity index (χ2n) is 5.49. The molecule has 0 aliphatic heterocycles. The van der Waals surface area contributed by atoms with Crippen LogP contribution in [-0.4, -0.2) is 39.5 Å². The van der Waals surface area contributed by atoms with Crippen molar-refractivity contribution < 1.29 is 9.47 Å². The molecule has 0 aliphatic rings.